The van der Waals surface area contributed by atoms with Crippen molar-refractivity contribution in [3.63, 3.8) is 0 Å². The molecule has 1 saturated carbocycles. The second-order valence-electron chi connectivity index (χ2n) is 5.09. The molecule has 0 radical (unpaired) electrons. The second-order valence-corrected chi connectivity index (χ2v) is 5.09. The van der Waals surface area contributed by atoms with Gasteiger partial charge in [-0.25, -0.2) is 4.98 Å². The minimum absolute atomic E-state index is 0.292. The number of pyridine rings is 1. The Kier molecular flexibility index (Phi) is 3.77. The summed E-state index contributed by atoms with van der Waals surface area (Å²) in [6, 6.07) is 4.25. The highest BCUT2D eigenvalue weighted by atomic mass is 16.1. The van der Waals surface area contributed by atoms with Crippen LogP contribution in [0, 0.1) is 5.92 Å². The third kappa shape index (κ3) is 2.84. The van der Waals surface area contributed by atoms with E-state index in [1.165, 1.54) is 5.56 Å². The van der Waals surface area contributed by atoms with Crippen molar-refractivity contribution in [1.29, 1.82) is 0 Å². The molecule has 1 heterocycles. The predicted octanol–water partition coefficient (Wildman–Crippen LogP) is 2.62. The first-order valence-electron chi connectivity index (χ1n) is 6.29. The lowest BCUT2D eigenvalue weighted by Crippen LogP contribution is -2.15. The molecule has 1 aromatic heterocycles. The molecule has 0 unspecified atom stereocenters. The van der Waals surface area contributed by atoms with Crippen LogP contribution in [-0.4, -0.2) is 25.4 Å². The van der Waals surface area contributed by atoms with Crippen molar-refractivity contribution in [2.45, 2.75) is 31.6 Å². The zero-order chi connectivity index (χ0) is 12.3. The smallest absolute Gasteiger partial charge is 0.127 e. The average molecular weight is 232 g/mol. The molecule has 1 aliphatic rings. The van der Waals surface area contributed by atoms with E-state index in [1.807, 2.05) is 25.2 Å². The van der Waals surface area contributed by atoms with Crippen molar-refractivity contribution in [2.24, 2.45) is 5.92 Å². The Morgan fingerprint density at radius 3 is 2.41 bits per heavy atom. The van der Waals surface area contributed by atoms with Gasteiger partial charge in [0.2, 0.25) is 0 Å². The standard InChI is InChI=1S/C14H20N2O/c1-16(2)14-8-7-13(9-15-14)12-5-3-11(10-17)4-6-12/h7-12H,3-6H2,1-2H3/t11-,12-. The van der Waals surface area contributed by atoms with E-state index in [2.05, 4.69) is 17.1 Å². The molecule has 0 aliphatic heterocycles. The van der Waals surface area contributed by atoms with Gasteiger partial charge in [-0.1, -0.05) is 6.07 Å². The molecule has 17 heavy (non-hydrogen) atoms. The van der Waals surface area contributed by atoms with Crippen molar-refractivity contribution < 1.29 is 4.79 Å². The summed E-state index contributed by atoms with van der Waals surface area (Å²) in [6.45, 7) is 0. The summed E-state index contributed by atoms with van der Waals surface area (Å²) in [5.74, 6) is 1.88. The third-order valence-electron chi connectivity index (χ3n) is 3.66. The van der Waals surface area contributed by atoms with Gasteiger partial charge in [-0.15, -0.1) is 0 Å². The van der Waals surface area contributed by atoms with Crippen molar-refractivity contribution in [3.8, 4) is 0 Å². The topological polar surface area (TPSA) is 33.2 Å². The monoisotopic (exact) mass is 232 g/mol. The van der Waals surface area contributed by atoms with Crippen LogP contribution in [0.25, 0.3) is 0 Å². The Morgan fingerprint density at radius 2 is 1.94 bits per heavy atom. The molecule has 1 aromatic rings. The van der Waals surface area contributed by atoms with Gasteiger partial charge in [0, 0.05) is 26.2 Å². The van der Waals surface area contributed by atoms with E-state index in [0.29, 0.717) is 11.8 Å². The fourth-order valence-corrected chi connectivity index (χ4v) is 2.49. The van der Waals surface area contributed by atoms with E-state index in [-0.39, 0.29) is 0 Å². The van der Waals surface area contributed by atoms with Gasteiger partial charge >= 0.3 is 0 Å². The summed E-state index contributed by atoms with van der Waals surface area (Å²) in [5, 5.41) is 0. The molecule has 3 nitrogen and oxygen atoms in total. The van der Waals surface area contributed by atoms with Crippen molar-refractivity contribution >= 4 is 12.1 Å². The summed E-state index contributed by atoms with van der Waals surface area (Å²) in [7, 11) is 3.99. The number of hydrogen-bond acceptors (Lipinski definition) is 3. The van der Waals surface area contributed by atoms with E-state index in [0.717, 1.165) is 37.8 Å². The van der Waals surface area contributed by atoms with E-state index >= 15 is 0 Å². The van der Waals surface area contributed by atoms with Crippen LogP contribution in [0.5, 0.6) is 0 Å². The van der Waals surface area contributed by atoms with Gasteiger partial charge in [-0.05, 0) is 43.2 Å². The van der Waals surface area contributed by atoms with E-state index in [1.54, 1.807) is 0 Å². The molecule has 2 rings (SSSR count). The number of nitrogens with zero attached hydrogens (tertiary/aromatic N) is 2. The normalized spacial score (nSPS) is 24.4. The van der Waals surface area contributed by atoms with Crippen LogP contribution in [0.4, 0.5) is 5.82 Å². The fraction of sp³-hybridized carbons (Fsp3) is 0.571. The first-order valence-corrected chi connectivity index (χ1v) is 6.29. The first kappa shape index (κ1) is 12.1. The molecule has 3 heteroatoms. The van der Waals surface area contributed by atoms with Crippen LogP contribution in [0.15, 0.2) is 18.3 Å². The summed E-state index contributed by atoms with van der Waals surface area (Å²) in [5.41, 5.74) is 1.32. The molecular weight excluding hydrogens is 212 g/mol. The van der Waals surface area contributed by atoms with E-state index in [9.17, 15) is 4.79 Å². The predicted molar refractivity (Wildman–Crippen MR) is 69.3 cm³/mol. The number of aldehydes is 1. The molecule has 0 amide bonds. The summed E-state index contributed by atoms with van der Waals surface area (Å²) < 4.78 is 0. The maximum absolute atomic E-state index is 10.7. The van der Waals surface area contributed by atoms with Crippen LogP contribution in [-0.2, 0) is 4.79 Å². The minimum Gasteiger partial charge on any atom is -0.363 e. The van der Waals surface area contributed by atoms with Gasteiger partial charge in [0.05, 0.1) is 0 Å². The molecule has 0 bridgehead atoms. The molecule has 1 fully saturated rings. The average Bonchev–Trinajstić information content (AvgIpc) is 2.39. The number of rotatable bonds is 3. The fourth-order valence-electron chi connectivity index (χ4n) is 2.49. The maximum Gasteiger partial charge on any atom is 0.127 e. The molecule has 0 saturated heterocycles. The van der Waals surface area contributed by atoms with Gasteiger partial charge < -0.3 is 9.69 Å². The Morgan fingerprint density at radius 1 is 1.24 bits per heavy atom. The molecule has 0 atom stereocenters. The highest BCUT2D eigenvalue weighted by Gasteiger charge is 2.22. The largest absolute Gasteiger partial charge is 0.363 e. The maximum atomic E-state index is 10.7. The highest BCUT2D eigenvalue weighted by molar-refractivity contribution is 5.53. The lowest BCUT2D eigenvalue weighted by Gasteiger charge is -2.25. The lowest BCUT2D eigenvalue weighted by molar-refractivity contribution is -0.111. The molecular formula is C14H20N2O. The Hall–Kier alpha value is -1.38. The highest BCUT2D eigenvalue weighted by Crippen LogP contribution is 2.34. The van der Waals surface area contributed by atoms with Crippen molar-refractivity contribution in [3.05, 3.63) is 23.9 Å². The minimum atomic E-state index is 0.292. The van der Waals surface area contributed by atoms with Gasteiger partial charge in [0.15, 0.2) is 0 Å². The van der Waals surface area contributed by atoms with Gasteiger partial charge in [-0.2, -0.15) is 0 Å². The molecule has 0 spiro atoms. The number of carbonyl (C=O) groups is 1. The SMILES string of the molecule is CN(C)c1ccc([C@H]2CC[C@H](C=O)CC2)cn1. The first-order chi connectivity index (χ1) is 8.20. The van der Waals surface area contributed by atoms with Crippen LogP contribution < -0.4 is 4.90 Å². The number of anilines is 1. The summed E-state index contributed by atoms with van der Waals surface area (Å²) in [6.07, 6.45) is 7.40. The van der Waals surface area contributed by atoms with Crippen molar-refractivity contribution in [2.75, 3.05) is 19.0 Å². The van der Waals surface area contributed by atoms with Crippen LogP contribution >= 0.6 is 0 Å². The Bertz CT molecular complexity index is 364. The van der Waals surface area contributed by atoms with Crippen molar-refractivity contribution in [1.82, 2.24) is 4.98 Å². The van der Waals surface area contributed by atoms with Crippen LogP contribution in [0.3, 0.4) is 0 Å². The molecule has 92 valence electrons. The van der Waals surface area contributed by atoms with Gasteiger partial charge in [0.1, 0.15) is 12.1 Å². The molecule has 0 N–H and O–H groups in total. The Labute approximate surface area is 103 Å². The Balaban J connectivity index is 2.01. The molecule has 1 aliphatic carbocycles. The van der Waals surface area contributed by atoms with Gasteiger partial charge in [-0.3, -0.25) is 0 Å². The number of hydrogen-bond donors (Lipinski definition) is 0. The van der Waals surface area contributed by atoms with E-state index < -0.39 is 0 Å². The zero-order valence-electron chi connectivity index (χ0n) is 10.6. The lowest BCUT2D eigenvalue weighted by atomic mass is 9.80. The molecule has 0 aromatic carbocycles. The van der Waals surface area contributed by atoms with E-state index in [4.69, 9.17) is 0 Å². The summed E-state index contributed by atoms with van der Waals surface area (Å²) in [4.78, 5) is 17.2. The van der Waals surface area contributed by atoms with Gasteiger partial charge in [0.25, 0.3) is 0 Å². The second kappa shape index (κ2) is 5.30. The number of carbonyl (C=O) groups excluding carboxylic acids is 1. The summed E-state index contributed by atoms with van der Waals surface area (Å²) >= 11 is 0. The zero-order valence-corrected chi connectivity index (χ0v) is 10.6. The number of aromatic nitrogens is 1. The third-order valence-corrected chi connectivity index (χ3v) is 3.66. The van der Waals surface area contributed by atoms with Crippen LogP contribution in [0.2, 0.25) is 0 Å². The van der Waals surface area contributed by atoms with Crippen LogP contribution in [0.1, 0.15) is 37.2 Å². The quantitative estimate of drug-likeness (QED) is 0.751.